The summed E-state index contributed by atoms with van der Waals surface area (Å²) in [4.78, 5) is 10.9. The zero-order valence-electron chi connectivity index (χ0n) is 6.89. The fourth-order valence-electron chi connectivity index (χ4n) is 1.79. The minimum Gasteiger partial charge on any atom is -0.300 e. The van der Waals surface area contributed by atoms with Crippen molar-refractivity contribution < 1.29 is 4.79 Å². The van der Waals surface area contributed by atoms with Crippen molar-refractivity contribution in [2.24, 2.45) is 11.8 Å². The van der Waals surface area contributed by atoms with Crippen LogP contribution < -0.4 is 0 Å². The minimum absolute atomic E-state index is 0.322. The summed E-state index contributed by atoms with van der Waals surface area (Å²) >= 11 is 0. The van der Waals surface area contributed by atoms with Crippen molar-refractivity contribution in [2.75, 3.05) is 0 Å². The maximum Gasteiger partial charge on any atom is 0.132 e. The van der Waals surface area contributed by atoms with Gasteiger partial charge in [0.2, 0.25) is 0 Å². The molecule has 0 aromatic heterocycles. The summed E-state index contributed by atoms with van der Waals surface area (Å²) in [6.07, 6.45) is 5.23. The molecule has 0 aliphatic heterocycles. The van der Waals surface area contributed by atoms with E-state index in [0.717, 1.165) is 0 Å². The smallest absolute Gasteiger partial charge is 0.132 e. The van der Waals surface area contributed by atoms with Crippen molar-refractivity contribution in [1.29, 1.82) is 0 Å². The highest BCUT2D eigenvalue weighted by Crippen LogP contribution is 2.31. The molecule has 1 unspecified atom stereocenters. The van der Waals surface area contributed by atoms with Gasteiger partial charge in [-0.1, -0.05) is 19.8 Å². The van der Waals surface area contributed by atoms with E-state index in [1.54, 1.807) is 6.92 Å². The van der Waals surface area contributed by atoms with Gasteiger partial charge in [0.15, 0.2) is 0 Å². The van der Waals surface area contributed by atoms with Gasteiger partial charge in [0.05, 0.1) is 0 Å². The third-order valence-electron chi connectivity index (χ3n) is 2.75. The van der Waals surface area contributed by atoms with Crippen molar-refractivity contribution >= 4 is 5.78 Å². The molecule has 0 N–H and O–H groups in total. The Morgan fingerprint density at radius 1 is 1.40 bits per heavy atom. The lowest BCUT2D eigenvalue weighted by Crippen LogP contribution is -2.15. The van der Waals surface area contributed by atoms with E-state index < -0.39 is 0 Å². The first-order chi connectivity index (χ1) is 4.72. The van der Waals surface area contributed by atoms with E-state index in [0.29, 0.717) is 17.6 Å². The number of Topliss-reactive ketones (excluding diaryl/α,β-unsaturated/α-hetero) is 1. The Bertz CT molecular complexity index is 123. The van der Waals surface area contributed by atoms with Gasteiger partial charge in [0.1, 0.15) is 5.78 Å². The molecule has 1 rings (SSSR count). The summed E-state index contributed by atoms with van der Waals surface area (Å²) in [7, 11) is 0. The summed E-state index contributed by atoms with van der Waals surface area (Å²) < 4.78 is 0. The predicted molar refractivity (Wildman–Crippen MR) is 41.8 cm³/mol. The first-order valence-corrected chi connectivity index (χ1v) is 4.22. The van der Waals surface area contributed by atoms with Crippen molar-refractivity contribution in [3.05, 3.63) is 0 Å². The molecular formula is C9H16O. The number of ketones is 1. The molecule has 1 nitrogen and oxygen atoms in total. The van der Waals surface area contributed by atoms with E-state index in [1.807, 2.05) is 0 Å². The molecule has 10 heavy (non-hydrogen) atoms. The Hall–Kier alpha value is -0.330. The molecule has 0 heterocycles. The molecule has 1 atom stereocenters. The Morgan fingerprint density at radius 3 is 2.30 bits per heavy atom. The molecule has 0 radical (unpaired) electrons. The van der Waals surface area contributed by atoms with Gasteiger partial charge in [-0.25, -0.2) is 0 Å². The van der Waals surface area contributed by atoms with E-state index in [1.165, 1.54) is 25.7 Å². The van der Waals surface area contributed by atoms with Gasteiger partial charge >= 0.3 is 0 Å². The average Bonchev–Trinajstić information content (AvgIpc) is 2.36. The zero-order chi connectivity index (χ0) is 7.56. The van der Waals surface area contributed by atoms with Crippen LogP contribution in [0.2, 0.25) is 0 Å². The molecule has 1 aliphatic carbocycles. The molecule has 0 saturated heterocycles. The van der Waals surface area contributed by atoms with Gasteiger partial charge in [-0.15, -0.1) is 0 Å². The number of hydrogen-bond donors (Lipinski definition) is 0. The molecule has 1 heteroatoms. The van der Waals surface area contributed by atoms with Crippen LogP contribution in [-0.2, 0) is 4.79 Å². The number of hydrogen-bond acceptors (Lipinski definition) is 1. The zero-order valence-corrected chi connectivity index (χ0v) is 6.89. The topological polar surface area (TPSA) is 17.1 Å². The SMILES string of the molecule is CC(=O)C(C)C1CCCC1. The molecule has 58 valence electrons. The maximum absolute atomic E-state index is 10.9. The van der Waals surface area contributed by atoms with Crippen LogP contribution in [0.3, 0.4) is 0 Å². The normalized spacial score (nSPS) is 23.0. The Kier molecular flexibility index (Phi) is 2.47. The predicted octanol–water partition coefficient (Wildman–Crippen LogP) is 2.40. The highest BCUT2D eigenvalue weighted by atomic mass is 16.1. The molecule has 1 aliphatic rings. The van der Waals surface area contributed by atoms with Gasteiger partial charge < -0.3 is 0 Å². The lowest BCUT2D eigenvalue weighted by Gasteiger charge is -2.14. The van der Waals surface area contributed by atoms with Gasteiger partial charge in [-0.05, 0) is 25.7 Å². The third kappa shape index (κ3) is 1.59. The summed E-state index contributed by atoms with van der Waals surface area (Å²) in [6, 6.07) is 0. The van der Waals surface area contributed by atoms with Gasteiger partial charge in [-0.2, -0.15) is 0 Å². The number of carbonyl (C=O) groups excluding carboxylic acids is 1. The highest BCUT2D eigenvalue weighted by molar-refractivity contribution is 5.78. The molecule has 0 aromatic carbocycles. The Balaban J connectivity index is 2.39. The molecule has 0 amide bonds. The van der Waals surface area contributed by atoms with Gasteiger partial charge in [0.25, 0.3) is 0 Å². The summed E-state index contributed by atoms with van der Waals surface area (Å²) in [5, 5.41) is 0. The van der Waals surface area contributed by atoms with Crippen LogP contribution in [-0.4, -0.2) is 5.78 Å². The third-order valence-corrected chi connectivity index (χ3v) is 2.75. The fourth-order valence-corrected chi connectivity index (χ4v) is 1.79. The molecule has 0 aromatic rings. The van der Waals surface area contributed by atoms with Crippen molar-refractivity contribution in [3.63, 3.8) is 0 Å². The van der Waals surface area contributed by atoms with E-state index in [4.69, 9.17) is 0 Å². The second kappa shape index (κ2) is 3.18. The Labute approximate surface area is 62.8 Å². The van der Waals surface area contributed by atoms with Crippen LogP contribution in [0, 0.1) is 11.8 Å². The highest BCUT2D eigenvalue weighted by Gasteiger charge is 2.23. The maximum atomic E-state index is 10.9. The molecule has 0 bridgehead atoms. The molecular weight excluding hydrogens is 124 g/mol. The fraction of sp³-hybridized carbons (Fsp3) is 0.889. The summed E-state index contributed by atoms with van der Waals surface area (Å²) in [5.74, 6) is 1.40. The average molecular weight is 140 g/mol. The van der Waals surface area contributed by atoms with E-state index in [-0.39, 0.29) is 0 Å². The second-order valence-electron chi connectivity index (χ2n) is 3.44. The Morgan fingerprint density at radius 2 is 1.90 bits per heavy atom. The molecule has 0 spiro atoms. The number of rotatable bonds is 2. The van der Waals surface area contributed by atoms with Crippen LogP contribution in [0.5, 0.6) is 0 Å². The molecule has 1 fully saturated rings. The lowest BCUT2D eigenvalue weighted by molar-refractivity contribution is -0.121. The first kappa shape index (κ1) is 7.77. The summed E-state index contributed by atoms with van der Waals surface area (Å²) in [5.41, 5.74) is 0. The quantitative estimate of drug-likeness (QED) is 0.575. The summed E-state index contributed by atoms with van der Waals surface area (Å²) in [6.45, 7) is 3.78. The van der Waals surface area contributed by atoms with Gasteiger partial charge in [-0.3, -0.25) is 4.79 Å². The standard InChI is InChI=1S/C9H16O/c1-7(8(2)10)9-5-3-4-6-9/h7,9H,3-6H2,1-2H3. The van der Waals surface area contributed by atoms with Crippen molar-refractivity contribution in [2.45, 2.75) is 39.5 Å². The van der Waals surface area contributed by atoms with Gasteiger partial charge in [0, 0.05) is 5.92 Å². The van der Waals surface area contributed by atoms with Crippen LogP contribution in [0.25, 0.3) is 0 Å². The largest absolute Gasteiger partial charge is 0.300 e. The second-order valence-corrected chi connectivity index (χ2v) is 3.44. The van der Waals surface area contributed by atoms with E-state index >= 15 is 0 Å². The van der Waals surface area contributed by atoms with Crippen LogP contribution in [0.4, 0.5) is 0 Å². The van der Waals surface area contributed by atoms with E-state index in [9.17, 15) is 4.79 Å². The number of carbonyl (C=O) groups is 1. The van der Waals surface area contributed by atoms with Crippen molar-refractivity contribution in [3.8, 4) is 0 Å². The van der Waals surface area contributed by atoms with Crippen molar-refractivity contribution in [1.82, 2.24) is 0 Å². The monoisotopic (exact) mass is 140 g/mol. The minimum atomic E-state index is 0.322. The van der Waals surface area contributed by atoms with Crippen LogP contribution in [0.15, 0.2) is 0 Å². The lowest BCUT2D eigenvalue weighted by atomic mass is 9.90. The first-order valence-electron chi connectivity index (χ1n) is 4.22. The van der Waals surface area contributed by atoms with E-state index in [2.05, 4.69) is 6.92 Å². The molecule has 1 saturated carbocycles. The van der Waals surface area contributed by atoms with Crippen LogP contribution in [0.1, 0.15) is 39.5 Å². The van der Waals surface area contributed by atoms with Crippen LogP contribution >= 0.6 is 0 Å².